The Morgan fingerprint density at radius 3 is 2.80 bits per heavy atom. The van der Waals surface area contributed by atoms with Gasteiger partial charge >= 0.3 is 6.03 Å². The number of hydrazone groups is 1. The third-order valence-corrected chi connectivity index (χ3v) is 4.28. The molecule has 2 aliphatic rings. The molecule has 4 heteroatoms. The van der Waals surface area contributed by atoms with Gasteiger partial charge in [-0.05, 0) is 36.0 Å². The molecule has 2 saturated carbocycles. The number of urea groups is 1. The van der Waals surface area contributed by atoms with Crippen LogP contribution >= 0.6 is 0 Å². The number of fused-ring (bicyclic) bond motifs is 1. The van der Waals surface area contributed by atoms with Crippen LogP contribution in [0.4, 0.5) is 4.79 Å². The first-order valence-corrected chi connectivity index (χ1v) is 5.59. The monoisotopic (exact) mass is 209 g/mol. The first kappa shape index (κ1) is 10.5. The molecule has 3 N–H and O–H groups in total. The number of primary amides is 1. The van der Waals surface area contributed by atoms with Crippen LogP contribution in [-0.4, -0.2) is 11.7 Å². The Morgan fingerprint density at radius 1 is 1.67 bits per heavy atom. The second kappa shape index (κ2) is 3.22. The summed E-state index contributed by atoms with van der Waals surface area (Å²) >= 11 is 0. The SMILES string of the molecule is CC(C)[C@@]12C/C(=N\NC(N)=O)[C@@H](C)[C@@H]1C2. The van der Waals surface area contributed by atoms with Crippen molar-refractivity contribution < 1.29 is 4.79 Å². The van der Waals surface area contributed by atoms with Crippen LogP contribution in [0.25, 0.3) is 0 Å². The van der Waals surface area contributed by atoms with E-state index < -0.39 is 6.03 Å². The molecule has 2 fully saturated rings. The highest BCUT2D eigenvalue weighted by atomic mass is 16.2. The minimum absolute atomic E-state index is 0.470. The van der Waals surface area contributed by atoms with Gasteiger partial charge in [0.25, 0.3) is 0 Å². The number of hydrogen-bond acceptors (Lipinski definition) is 2. The van der Waals surface area contributed by atoms with Crippen molar-refractivity contribution in [2.45, 2.75) is 33.6 Å². The van der Waals surface area contributed by atoms with Gasteiger partial charge in [0.05, 0.1) is 0 Å². The Kier molecular flexibility index (Phi) is 2.24. The van der Waals surface area contributed by atoms with Crippen LogP contribution in [0.15, 0.2) is 5.10 Å². The summed E-state index contributed by atoms with van der Waals surface area (Å²) in [7, 11) is 0. The van der Waals surface area contributed by atoms with E-state index >= 15 is 0 Å². The average molecular weight is 209 g/mol. The number of nitrogens with two attached hydrogens (primary N) is 1. The fraction of sp³-hybridized carbons (Fsp3) is 0.818. The maximum Gasteiger partial charge on any atom is 0.332 e. The van der Waals surface area contributed by atoms with Gasteiger partial charge in [0, 0.05) is 5.71 Å². The summed E-state index contributed by atoms with van der Waals surface area (Å²) < 4.78 is 0. The van der Waals surface area contributed by atoms with Gasteiger partial charge in [-0.15, -0.1) is 0 Å². The lowest BCUT2D eigenvalue weighted by atomic mass is 9.90. The molecule has 2 aliphatic carbocycles. The lowest BCUT2D eigenvalue weighted by Gasteiger charge is -2.15. The van der Waals surface area contributed by atoms with Gasteiger partial charge < -0.3 is 5.73 Å². The first-order valence-electron chi connectivity index (χ1n) is 5.59. The second-order valence-electron chi connectivity index (χ2n) is 5.24. The van der Waals surface area contributed by atoms with Crippen LogP contribution in [0.2, 0.25) is 0 Å². The maximum atomic E-state index is 10.6. The molecule has 0 aromatic carbocycles. The highest BCUT2D eigenvalue weighted by Gasteiger charge is 2.63. The molecule has 0 heterocycles. The van der Waals surface area contributed by atoms with Gasteiger partial charge in [0.2, 0.25) is 0 Å². The molecule has 0 aromatic rings. The van der Waals surface area contributed by atoms with E-state index in [0.29, 0.717) is 17.3 Å². The third-order valence-electron chi connectivity index (χ3n) is 4.28. The van der Waals surface area contributed by atoms with Crippen molar-refractivity contribution in [2.75, 3.05) is 0 Å². The summed E-state index contributed by atoms with van der Waals surface area (Å²) in [5.74, 6) is 1.97. The van der Waals surface area contributed by atoms with Crippen molar-refractivity contribution in [1.82, 2.24) is 5.43 Å². The Labute approximate surface area is 90.3 Å². The number of nitrogens with zero attached hydrogens (tertiary/aromatic N) is 1. The largest absolute Gasteiger partial charge is 0.350 e. The first-order chi connectivity index (χ1) is 6.97. The zero-order valence-electron chi connectivity index (χ0n) is 9.58. The maximum absolute atomic E-state index is 10.6. The van der Waals surface area contributed by atoms with E-state index in [1.54, 1.807) is 0 Å². The van der Waals surface area contributed by atoms with Crippen LogP contribution in [0, 0.1) is 23.2 Å². The van der Waals surface area contributed by atoms with E-state index in [1.165, 1.54) is 6.42 Å². The Hall–Kier alpha value is -1.06. The minimum atomic E-state index is -0.575. The highest BCUT2D eigenvalue weighted by Crippen LogP contribution is 2.68. The predicted molar refractivity (Wildman–Crippen MR) is 59.3 cm³/mol. The van der Waals surface area contributed by atoms with Gasteiger partial charge in [-0.25, -0.2) is 10.2 Å². The molecule has 2 amide bonds. The minimum Gasteiger partial charge on any atom is -0.350 e. The summed E-state index contributed by atoms with van der Waals surface area (Å²) in [5.41, 5.74) is 8.92. The van der Waals surface area contributed by atoms with E-state index in [-0.39, 0.29) is 0 Å². The Balaban J connectivity index is 2.07. The number of carbonyl (C=O) groups is 1. The lowest BCUT2D eigenvalue weighted by Crippen LogP contribution is -2.27. The molecule has 0 aromatic heterocycles. The quantitative estimate of drug-likeness (QED) is 0.668. The molecule has 0 radical (unpaired) electrons. The number of nitrogens with one attached hydrogen (secondary N) is 1. The highest BCUT2D eigenvalue weighted by molar-refractivity contribution is 5.92. The van der Waals surface area contributed by atoms with E-state index in [2.05, 4.69) is 31.3 Å². The topological polar surface area (TPSA) is 67.5 Å². The summed E-state index contributed by atoms with van der Waals surface area (Å²) in [6.45, 7) is 6.75. The van der Waals surface area contributed by atoms with Crippen LogP contribution in [0.1, 0.15) is 33.6 Å². The summed E-state index contributed by atoms with van der Waals surface area (Å²) in [5, 5.41) is 4.10. The zero-order valence-corrected chi connectivity index (χ0v) is 9.58. The third kappa shape index (κ3) is 1.52. The molecule has 0 unspecified atom stereocenters. The summed E-state index contributed by atoms with van der Waals surface area (Å²) in [6.07, 6.45) is 2.35. The summed E-state index contributed by atoms with van der Waals surface area (Å²) in [6, 6.07) is -0.575. The Morgan fingerprint density at radius 2 is 2.33 bits per heavy atom. The van der Waals surface area contributed by atoms with Crippen LogP contribution in [0.3, 0.4) is 0 Å². The fourth-order valence-corrected chi connectivity index (χ4v) is 3.10. The standard InChI is InChI=1S/C11H19N3O/c1-6(2)11-4-8(11)7(3)9(5-11)13-14-10(12)15/h6-8H,4-5H2,1-3H3,(H3,12,14,15)/b13-9+/t7-,8-,11+/m0/s1. The van der Waals surface area contributed by atoms with Gasteiger partial charge in [-0.1, -0.05) is 20.8 Å². The molecule has 0 spiro atoms. The van der Waals surface area contributed by atoms with Crippen molar-refractivity contribution >= 4 is 11.7 Å². The van der Waals surface area contributed by atoms with E-state index in [4.69, 9.17) is 5.73 Å². The molecule has 0 aliphatic heterocycles. The van der Waals surface area contributed by atoms with Crippen molar-refractivity contribution in [2.24, 2.45) is 34.0 Å². The number of rotatable bonds is 2. The van der Waals surface area contributed by atoms with Crippen molar-refractivity contribution in [3.05, 3.63) is 0 Å². The van der Waals surface area contributed by atoms with Crippen molar-refractivity contribution in [1.29, 1.82) is 0 Å². The number of amides is 2. The van der Waals surface area contributed by atoms with E-state index in [0.717, 1.165) is 18.1 Å². The van der Waals surface area contributed by atoms with E-state index in [9.17, 15) is 4.79 Å². The molecule has 4 nitrogen and oxygen atoms in total. The molecule has 84 valence electrons. The second-order valence-corrected chi connectivity index (χ2v) is 5.24. The molecular weight excluding hydrogens is 190 g/mol. The van der Waals surface area contributed by atoms with Crippen molar-refractivity contribution in [3.8, 4) is 0 Å². The average Bonchev–Trinajstić information content (AvgIpc) is 2.81. The predicted octanol–water partition coefficient (Wildman–Crippen LogP) is 1.71. The van der Waals surface area contributed by atoms with Crippen molar-refractivity contribution in [3.63, 3.8) is 0 Å². The van der Waals surface area contributed by atoms with Crippen LogP contribution in [0.5, 0.6) is 0 Å². The molecule has 3 atom stereocenters. The molecule has 15 heavy (non-hydrogen) atoms. The van der Waals surface area contributed by atoms with Gasteiger partial charge in [-0.3, -0.25) is 0 Å². The molecule has 0 bridgehead atoms. The normalized spacial score (nSPS) is 40.7. The van der Waals surface area contributed by atoms with Crippen LogP contribution in [-0.2, 0) is 0 Å². The molecule has 0 saturated heterocycles. The van der Waals surface area contributed by atoms with Gasteiger partial charge in [-0.2, -0.15) is 5.10 Å². The van der Waals surface area contributed by atoms with Gasteiger partial charge in [0.1, 0.15) is 0 Å². The lowest BCUT2D eigenvalue weighted by molar-refractivity contribution is 0.249. The van der Waals surface area contributed by atoms with E-state index in [1.807, 2.05) is 0 Å². The molecule has 2 rings (SSSR count). The Bertz CT molecular complexity index is 324. The molecular formula is C11H19N3O. The number of hydrogen-bond donors (Lipinski definition) is 2. The zero-order chi connectivity index (χ0) is 11.2. The van der Waals surface area contributed by atoms with Crippen LogP contribution < -0.4 is 11.2 Å². The number of carbonyl (C=O) groups excluding carboxylic acids is 1. The summed E-state index contributed by atoms with van der Waals surface area (Å²) in [4.78, 5) is 10.6. The smallest absolute Gasteiger partial charge is 0.332 e. The fourth-order valence-electron chi connectivity index (χ4n) is 3.10. The van der Waals surface area contributed by atoms with Gasteiger partial charge in [0.15, 0.2) is 0 Å².